The van der Waals surface area contributed by atoms with E-state index in [1.807, 2.05) is 226 Å². The Morgan fingerprint density at radius 3 is 1.61 bits per heavy atom. The summed E-state index contributed by atoms with van der Waals surface area (Å²) in [6.45, 7) is 4.14. The molecular weight excluding hydrogens is 1100 g/mol. The molecule has 0 bridgehead atoms. The molecule has 2 N–H and O–H groups in total. The lowest BCUT2D eigenvalue weighted by Crippen LogP contribution is -2.71. The van der Waals surface area contributed by atoms with Crippen LogP contribution in [0.15, 0.2) is 245 Å². The van der Waals surface area contributed by atoms with Gasteiger partial charge in [-0.1, -0.05) is 229 Å². The second kappa shape index (κ2) is 27.2. The molecule has 3 heterocycles. The van der Waals surface area contributed by atoms with E-state index in [1.54, 1.807) is 15.7 Å². The minimum absolute atomic E-state index is 0.0000411. The molecule has 7 aromatic carbocycles. The minimum atomic E-state index is -1.16. The highest BCUT2D eigenvalue weighted by atomic mass is 32.2. The number of hydrogen-bond donors (Lipinski definition) is 2. The average Bonchev–Trinajstić information content (AvgIpc) is 3.16. The molecule has 83 heavy (non-hydrogen) atoms. The molecule has 3 amide bonds. The summed E-state index contributed by atoms with van der Waals surface area (Å²) in [5.74, 6) is -2.91. The number of amides is 3. The predicted octanol–water partition coefficient (Wildman–Crippen LogP) is 11.7. The highest BCUT2D eigenvalue weighted by molar-refractivity contribution is 8.08. The largest absolute Gasteiger partial charge is 0.450 e. The van der Waals surface area contributed by atoms with Crippen molar-refractivity contribution in [1.82, 2.24) is 20.1 Å². The third-order valence-corrected chi connectivity index (χ3v) is 17.1. The van der Waals surface area contributed by atoms with Gasteiger partial charge in [0.25, 0.3) is 11.8 Å². The number of thiazole rings is 1. The smallest absolute Gasteiger partial charge is 0.356 e. The molecule has 2 aliphatic rings. The Bertz CT molecular complexity index is 3440. The normalized spacial score (nSPS) is 15.1. The van der Waals surface area contributed by atoms with Crippen molar-refractivity contribution in [3.05, 3.63) is 284 Å². The van der Waals surface area contributed by atoms with Crippen LogP contribution in [0.5, 0.6) is 0 Å². The number of anilines is 1. The van der Waals surface area contributed by atoms with Crippen molar-refractivity contribution in [2.45, 2.75) is 43.0 Å². The van der Waals surface area contributed by atoms with Gasteiger partial charge in [0, 0.05) is 35.2 Å². The summed E-state index contributed by atoms with van der Waals surface area (Å²) >= 11 is 3.72. The molecule has 10 rings (SSSR count). The second-order valence-corrected chi connectivity index (χ2v) is 22.0. The number of thioether (sulfide) groups is 2. The molecule has 1 saturated heterocycles. The van der Waals surface area contributed by atoms with Crippen LogP contribution < -0.4 is 10.6 Å². The maximum absolute atomic E-state index is 15.0. The minimum Gasteiger partial charge on any atom is -0.450 e. The third-order valence-electron chi connectivity index (χ3n) is 14.0. The van der Waals surface area contributed by atoms with Crippen LogP contribution in [0.4, 0.5) is 5.13 Å². The van der Waals surface area contributed by atoms with E-state index in [1.165, 1.54) is 34.1 Å². The van der Waals surface area contributed by atoms with Crippen LogP contribution in [0.25, 0.3) is 0 Å². The zero-order chi connectivity index (χ0) is 57.5. The van der Waals surface area contributed by atoms with E-state index in [4.69, 9.17) is 19.3 Å². The average molecular weight is 1160 g/mol. The number of carbonyl (C=O) groups excluding carboxylic acids is 5. The van der Waals surface area contributed by atoms with Crippen molar-refractivity contribution in [3.8, 4) is 0 Å². The van der Waals surface area contributed by atoms with E-state index in [9.17, 15) is 24.0 Å². The number of esters is 2. The van der Waals surface area contributed by atoms with Crippen LogP contribution in [0.1, 0.15) is 70.7 Å². The van der Waals surface area contributed by atoms with E-state index in [0.29, 0.717) is 34.3 Å². The van der Waals surface area contributed by atoms with E-state index in [0.717, 1.165) is 39.6 Å². The fourth-order valence-corrected chi connectivity index (χ4v) is 13.0. The summed E-state index contributed by atoms with van der Waals surface area (Å²) in [7, 11) is 0. The van der Waals surface area contributed by atoms with Crippen molar-refractivity contribution >= 4 is 75.4 Å². The first kappa shape index (κ1) is 57.2. The fourth-order valence-electron chi connectivity index (χ4n) is 9.93. The molecule has 0 spiro atoms. The molecule has 418 valence electrons. The second-order valence-electron chi connectivity index (χ2n) is 19.1. The van der Waals surface area contributed by atoms with Crippen molar-refractivity contribution in [1.29, 1.82) is 0 Å². The maximum Gasteiger partial charge on any atom is 0.356 e. The number of ether oxygens (including phenoxy) is 2. The molecule has 0 saturated carbocycles. The van der Waals surface area contributed by atoms with Crippen LogP contribution in [0.3, 0.4) is 0 Å². The van der Waals surface area contributed by atoms with E-state index < -0.39 is 59.5 Å². The number of likely N-dealkylation sites (N-methyl/N-ethyl adjacent to an activating group) is 1. The monoisotopic (exact) mass is 1160 g/mol. The number of carbonyl (C=O) groups is 5. The standard InChI is InChI=1S/C66H58N6O8S3/c1-3-71(4-2)54(73)40-41-81-53-44-82-63-57(62(76)72(63)58(53)64(77)80-60(47-30-16-7-17-31-47)48-32-18-8-19-33-48)68-61(75)56(70-78-42-55(74)79-59(45-26-12-5-13-27-45)46-28-14-6-15-29-46)52-43-83-65(67-52)69-66(49-34-20-9-21-35-49,50-36-22-10-23-37-50)51-38-24-11-25-39-51/h5-41,43,57,59-60,63H,3-4,42,44H2,1-2H3,(H,67,69)(H,68,75)/b41-40-,70-56-/t57-,63+/m1/s1. The molecule has 17 heteroatoms. The molecule has 1 aromatic heterocycles. The van der Waals surface area contributed by atoms with Gasteiger partial charge in [-0.25, -0.2) is 14.6 Å². The van der Waals surface area contributed by atoms with Gasteiger partial charge in [0.15, 0.2) is 23.1 Å². The summed E-state index contributed by atoms with van der Waals surface area (Å²) in [6, 6.07) is 66.0. The summed E-state index contributed by atoms with van der Waals surface area (Å²) in [5.41, 5.74) is 4.45. The summed E-state index contributed by atoms with van der Waals surface area (Å²) < 4.78 is 12.4. The Morgan fingerprint density at radius 2 is 1.14 bits per heavy atom. The molecular formula is C66H58N6O8S3. The lowest BCUT2D eigenvalue weighted by atomic mass is 9.77. The zero-order valence-corrected chi connectivity index (χ0v) is 47.8. The molecule has 1 fully saturated rings. The van der Waals surface area contributed by atoms with Crippen molar-refractivity contribution in [3.63, 3.8) is 0 Å². The molecule has 14 nitrogen and oxygen atoms in total. The number of nitrogens with zero attached hydrogens (tertiary/aromatic N) is 4. The van der Waals surface area contributed by atoms with Crippen LogP contribution in [-0.2, 0) is 43.8 Å². The summed E-state index contributed by atoms with van der Waals surface area (Å²) in [5, 5.41) is 13.8. The van der Waals surface area contributed by atoms with Crippen LogP contribution in [0.2, 0.25) is 0 Å². The van der Waals surface area contributed by atoms with Gasteiger partial charge >= 0.3 is 11.9 Å². The Balaban J connectivity index is 0.965. The number of β-lactam (4-membered cyclic amide) rings is 1. The Labute approximate surface area is 494 Å². The van der Waals surface area contributed by atoms with Crippen LogP contribution in [0, 0.1) is 0 Å². The number of benzene rings is 7. The number of aromatic nitrogens is 1. The molecule has 0 radical (unpaired) electrons. The van der Waals surface area contributed by atoms with Gasteiger partial charge in [0.05, 0.1) is 0 Å². The van der Waals surface area contributed by atoms with Crippen LogP contribution in [-0.4, -0.2) is 87.0 Å². The lowest BCUT2D eigenvalue weighted by Gasteiger charge is -2.49. The first-order valence-corrected chi connectivity index (χ1v) is 29.8. The predicted molar refractivity (Wildman–Crippen MR) is 326 cm³/mol. The van der Waals surface area contributed by atoms with E-state index in [-0.39, 0.29) is 28.8 Å². The number of nitrogens with one attached hydrogen (secondary N) is 2. The quantitative estimate of drug-likeness (QED) is 0.0155. The number of hydrogen-bond acceptors (Lipinski definition) is 14. The fraction of sp³-hybridized carbons (Fsp3) is 0.167. The number of oxime groups is 1. The summed E-state index contributed by atoms with van der Waals surface area (Å²) in [6.07, 6.45) is -0.159. The first-order chi connectivity index (χ1) is 40.7. The molecule has 2 aliphatic heterocycles. The Morgan fingerprint density at radius 1 is 0.687 bits per heavy atom. The van der Waals surface area contributed by atoms with Gasteiger partial charge < -0.3 is 29.8 Å². The molecule has 2 atom stereocenters. The van der Waals surface area contributed by atoms with Gasteiger partial charge in [-0.3, -0.25) is 19.3 Å². The van der Waals surface area contributed by atoms with Crippen molar-refractivity contribution in [2.24, 2.45) is 5.16 Å². The van der Waals surface area contributed by atoms with E-state index in [2.05, 4.69) is 15.8 Å². The molecule has 8 aromatic rings. The van der Waals surface area contributed by atoms with E-state index >= 15 is 0 Å². The highest BCUT2D eigenvalue weighted by Gasteiger charge is 2.55. The summed E-state index contributed by atoms with van der Waals surface area (Å²) in [4.78, 5) is 85.5. The van der Waals surface area contributed by atoms with Crippen molar-refractivity contribution in [2.75, 3.05) is 30.8 Å². The van der Waals surface area contributed by atoms with Gasteiger partial charge in [0.2, 0.25) is 12.5 Å². The van der Waals surface area contributed by atoms with Gasteiger partial charge in [0.1, 0.15) is 28.3 Å². The molecule has 0 unspecified atom stereocenters. The van der Waals surface area contributed by atoms with Crippen LogP contribution >= 0.6 is 34.9 Å². The topological polar surface area (TPSA) is 169 Å². The van der Waals surface area contributed by atoms with Crippen molar-refractivity contribution < 1.29 is 38.3 Å². The van der Waals surface area contributed by atoms with Gasteiger partial charge in [-0.05, 0) is 58.2 Å². The Kier molecular flexibility index (Phi) is 18.7. The maximum atomic E-state index is 15.0. The number of fused-ring (bicyclic) bond motifs is 1. The van der Waals surface area contributed by atoms with Gasteiger partial charge in [-0.15, -0.1) is 23.1 Å². The number of rotatable bonds is 23. The third kappa shape index (κ3) is 13.0. The Hall–Kier alpha value is -9.03. The lowest BCUT2D eigenvalue weighted by molar-refractivity contribution is -0.154. The first-order valence-electron chi connectivity index (χ1n) is 27.0. The molecule has 0 aliphatic carbocycles. The highest BCUT2D eigenvalue weighted by Crippen LogP contribution is 2.45. The zero-order valence-electron chi connectivity index (χ0n) is 45.4. The SMILES string of the molecule is CCN(CC)C(=O)/C=C\SC1=C(C(=O)OC(c2ccccc2)c2ccccc2)N2C(=O)[C@@H](NC(=O)/C(=N\OCC(=O)OC(c3ccccc3)c3ccccc3)c3csc(NC(c4ccccc4)(c4ccccc4)c4ccccc4)n3)[C@@H]2SC1. The van der Waals surface area contributed by atoms with Gasteiger partial charge in [-0.2, -0.15) is 0 Å².